The van der Waals surface area contributed by atoms with Gasteiger partial charge in [0.1, 0.15) is 0 Å². The molecule has 24 heavy (non-hydrogen) atoms. The van der Waals surface area contributed by atoms with Gasteiger partial charge in [-0.05, 0) is 65.5 Å². The first kappa shape index (κ1) is 18.9. The topological polar surface area (TPSA) is 12.0 Å². The first-order valence-electron chi connectivity index (χ1n) is 6.55. The summed E-state index contributed by atoms with van der Waals surface area (Å²) in [5.74, 6) is 0. The Hall–Kier alpha value is -1.48. The number of alkyl halides is 6. The van der Waals surface area contributed by atoms with Crippen molar-refractivity contribution in [2.45, 2.75) is 27.4 Å². The maximum absolute atomic E-state index is 12.2. The van der Waals surface area contributed by atoms with Gasteiger partial charge in [-0.25, -0.2) is 0 Å². The Morgan fingerprint density at radius 1 is 0.667 bits per heavy atom. The van der Waals surface area contributed by atoms with E-state index in [9.17, 15) is 26.3 Å². The number of thioether (sulfide) groups is 2. The van der Waals surface area contributed by atoms with E-state index in [0.717, 1.165) is 5.56 Å². The molecule has 0 amide bonds. The number of benzene rings is 2. The van der Waals surface area contributed by atoms with Crippen molar-refractivity contribution in [3.05, 3.63) is 54.1 Å². The molecular formula is C15H11F6NS2. The van der Waals surface area contributed by atoms with Crippen LogP contribution >= 0.6 is 23.5 Å². The smallest absolute Gasteiger partial charge is 0.381 e. The lowest BCUT2D eigenvalue weighted by Gasteiger charge is -2.10. The van der Waals surface area contributed by atoms with E-state index in [1.807, 2.05) is 0 Å². The zero-order valence-corrected chi connectivity index (χ0v) is 13.5. The van der Waals surface area contributed by atoms with Crippen LogP contribution in [0, 0.1) is 0 Å². The molecule has 0 radical (unpaired) electrons. The predicted molar refractivity (Wildman–Crippen MR) is 84.0 cm³/mol. The van der Waals surface area contributed by atoms with Crippen molar-refractivity contribution in [1.29, 1.82) is 0 Å². The number of anilines is 1. The SMILES string of the molecule is FC(F)(F)Sc1ccc(CNc2ccc(SC(F)(F)F)cc2)cc1. The molecule has 1 nitrogen and oxygen atoms in total. The van der Waals surface area contributed by atoms with E-state index in [1.165, 1.54) is 36.4 Å². The highest BCUT2D eigenvalue weighted by molar-refractivity contribution is 8.00. The summed E-state index contributed by atoms with van der Waals surface area (Å²) in [6, 6.07) is 11.6. The van der Waals surface area contributed by atoms with Crippen LogP contribution in [0.15, 0.2) is 58.3 Å². The second-order valence-electron chi connectivity index (χ2n) is 4.62. The molecule has 0 aromatic heterocycles. The predicted octanol–water partition coefficient (Wildman–Crippen LogP) is 6.52. The van der Waals surface area contributed by atoms with Gasteiger partial charge in [0, 0.05) is 22.0 Å². The van der Waals surface area contributed by atoms with Gasteiger partial charge in [-0.15, -0.1) is 0 Å². The molecule has 9 heteroatoms. The van der Waals surface area contributed by atoms with Crippen molar-refractivity contribution in [2.75, 3.05) is 5.32 Å². The lowest BCUT2D eigenvalue weighted by Crippen LogP contribution is -2.01. The molecule has 130 valence electrons. The first-order valence-corrected chi connectivity index (χ1v) is 8.18. The van der Waals surface area contributed by atoms with E-state index in [1.54, 1.807) is 12.1 Å². The molecule has 0 aliphatic carbocycles. The van der Waals surface area contributed by atoms with E-state index >= 15 is 0 Å². The summed E-state index contributed by atoms with van der Waals surface area (Å²) < 4.78 is 73.3. The fraction of sp³-hybridized carbons (Fsp3) is 0.200. The Morgan fingerprint density at radius 3 is 1.50 bits per heavy atom. The van der Waals surface area contributed by atoms with Crippen LogP contribution in [0.25, 0.3) is 0 Å². The highest BCUT2D eigenvalue weighted by Crippen LogP contribution is 2.37. The fourth-order valence-corrected chi connectivity index (χ4v) is 2.87. The Bertz CT molecular complexity index is 590. The number of hydrogen-bond donors (Lipinski definition) is 1. The van der Waals surface area contributed by atoms with Crippen LogP contribution < -0.4 is 5.32 Å². The molecule has 0 unspecified atom stereocenters. The summed E-state index contributed by atoms with van der Waals surface area (Å²) in [4.78, 5) is 0.182. The molecule has 2 aromatic carbocycles. The van der Waals surface area contributed by atoms with Crippen molar-refractivity contribution in [3.63, 3.8) is 0 Å². The van der Waals surface area contributed by atoms with Crippen LogP contribution in [0.1, 0.15) is 5.56 Å². The second kappa shape index (κ2) is 7.60. The molecule has 2 rings (SSSR count). The molecule has 1 N–H and O–H groups in total. The number of rotatable bonds is 5. The summed E-state index contributed by atoms with van der Waals surface area (Å²) in [7, 11) is 0. The number of hydrogen-bond acceptors (Lipinski definition) is 3. The minimum atomic E-state index is -4.33. The largest absolute Gasteiger partial charge is 0.446 e. The zero-order valence-electron chi connectivity index (χ0n) is 11.9. The van der Waals surface area contributed by atoms with Gasteiger partial charge in [0.05, 0.1) is 0 Å². The first-order chi connectivity index (χ1) is 11.1. The van der Waals surface area contributed by atoms with E-state index in [0.29, 0.717) is 12.2 Å². The van der Waals surface area contributed by atoms with Crippen molar-refractivity contribution >= 4 is 29.2 Å². The minimum absolute atomic E-state index is 0.0848. The van der Waals surface area contributed by atoms with Crippen LogP contribution in [0.3, 0.4) is 0 Å². The van der Waals surface area contributed by atoms with Gasteiger partial charge < -0.3 is 5.32 Å². The second-order valence-corrected chi connectivity index (χ2v) is 6.89. The van der Waals surface area contributed by atoms with Gasteiger partial charge in [-0.2, -0.15) is 26.3 Å². The van der Waals surface area contributed by atoms with Gasteiger partial charge in [-0.1, -0.05) is 12.1 Å². The average Bonchev–Trinajstić information content (AvgIpc) is 2.45. The summed E-state index contributed by atoms with van der Waals surface area (Å²) in [5, 5.41) is 3.00. The van der Waals surface area contributed by atoms with Gasteiger partial charge in [-0.3, -0.25) is 0 Å². The lowest BCUT2D eigenvalue weighted by molar-refractivity contribution is -0.0337. The molecule has 0 heterocycles. The van der Waals surface area contributed by atoms with Crippen LogP contribution in [0.2, 0.25) is 0 Å². The van der Waals surface area contributed by atoms with Crippen LogP contribution in [0.5, 0.6) is 0 Å². The molecule has 0 atom stereocenters. The number of halogens is 6. The van der Waals surface area contributed by atoms with E-state index in [-0.39, 0.29) is 33.3 Å². The minimum Gasteiger partial charge on any atom is -0.381 e. The molecule has 0 saturated heterocycles. The number of nitrogens with one attached hydrogen (secondary N) is 1. The maximum atomic E-state index is 12.2. The molecule has 0 bridgehead atoms. The van der Waals surface area contributed by atoms with E-state index in [2.05, 4.69) is 5.32 Å². The van der Waals surface area contributed by atoms with Gasteiger partial charge in [0.15, 0.2) is 0 Å². The summed E-state index contributed by atoms with van der Waals surface area (Å²) in [6.07, 6.45) is 0. The summed E-state index contributed by atoms with van der Waals surface area (Å²) in [6.45, 7) is 0.350. The zero-order chi connectivity index (χ0) is 17.8. The normalized spacial score (nSPS) is 12.2. The van der Waals surface area contributed by atoms with Gasteiger partial charge >= 0.3 is 11.0 Å². The van der Waals surface area contributed by atoms with Crippen molar-refractivity contribution < 1.29 is 26.3 Å². The molecule has 0 saturated carbocycles. The quantitative estimate of drug-likeness (QED) is 0.466. The van der Waals surface area contributed by atoms with Crippen LogP contribution in [-0.2, 0) is 6.54 Å². The molecular weight excluding hydrogens is 372 g/mol. The molecule has 0 aliphatic heterocycles. The third kappa shape index (κ3) is 6.96. The average molecular weight is 383 g/mol. The third-order valence-corrected chi connectivity index (χ3v) is 4.22. The standard InChI is InChI=1S/C15H11F6NS2/c16-14(17,18)23-12-5-1-10(2-6-12)9-22-11-3-7-13(8-4-11)24-15(19,20)21/h1-8,22H,9H2. The molecule has 0 spiro atoms. The van der Waals surface area contributed by atoms with Crippen LogP contribution in [0.4, 0.5) is 32.0 Å². The van der Waals surface area contributed by atoms with Crippen LogP contribution in [-0.4, -0.2) is 11.0 Å². The fourth-order valence-electron chi connectivity index (χ4n) is 1.79. The Kier molecular flexibility index (Phi) is 5.97. The van der Waals surface area contributed by atoms with E-state index < -0.39 is 11.0 Å². The monoisotopic (exact) mass is 383 g/mol. The summed E-state index contributed by atoms with van der Waals surface area (Å²) >= 11 is -0.377. The molecule has 2 aromatic rings. The van der Waals surface area contributed by atoms with Crippen molar-refractivity contribution in [2.24, 2.45) is 0 Å². The van der Waals surface area contributed by atoms with Gasteiger partial charge in [0.25, 0.3) is 0 Å². The Balaban J connectivity index is 1.89. The van der Waals surface area contributed by atoms with Crippen molar-refractivity contribution in [1.82, 2.24) is 0 Å². The van der Waals surface area contributed by atoms with E-state index in [4.69, 9.17) is 0 Å². The molecule has 0 aliphatic rings. The lowest BCUT2D eigenvalue weighted by atomic mass is 10.2. The Labute approximate surface area is 142 Å². The molecule has 0 fully saturated rings. The highest BCUT2D eigenvalue weighted by Gasteiger charge is 2.29. The van der Waals surface area contributed by atoms with Gasteiger partial charge in [0.2, 0.25) is 0 Å². The highest BCUT2D eigenvalue weighted by atomic mass is 32.2. The Morgan fingerprint density at radius 2 is 1.08 bits per heavy atom. The van der Waals surface area contributed by atoms with Crippen molar-refractivity contribution in [3.8, 4) is 0 Å². The maximum Gasteiger partial charge on any atom is 0.446 e. The summed E-state index contributed by atoms with van der Waals surface area (Å²) in [5.41, 5.74) is -7.27. The third-order valence-electron chi connectivity index (χ3n) is 2.74.